The molecule has 1 N–H and O–H groups in total. The van der Waals surface area contributed by atoms with Gasteiger partial charge in [-0.15, -0.1) is 0 Å². The predicted octanol–water partition coefficient (Wildman–Crippen LogP) is 3.90. The van der Waals surface area contributed by atoms with Gasteiger partial charge in [-0.25, -0.2) is 0 Å². The summed E-state index contributed by atoms with van der Waals surface area (Å²) < 4.78 is 10.4. The number of nitro groups is 1. The van der Waals surface area contributed by atoms with Crippen molar-refractivity contribution in [1.29, 1.82) is 0 Å². The summed E-state index contributed by atoms with van der Waals surface area (Å²) in [6.07, 6.45) is 0.545. The normalized spacial score (nSPS) is 10.2. The number of halogens is 1. The van der Waals surface area contributed by atoms with E-state index >= 15 is 0 Å². The zero-order valence-corrected chi connectivity index (χ0v) is 15.9. The maximum Gasteiger partial charge on any atom is 0.306 e. The molecule has 1 amide bonds. The predicted molar refractivity (Wildman–Crippen MR) is 104 cm³/mol. The van der Waals surface area contributed by atoms with E-state index in [2.05, 4.69) is 5.32 Å². The topological polar surface area (TPSA) is 108 Å². The van der Waals surface area contributed by atoms with Crippen LogP contribution in [0.3, 0.4) is 0 Å². The van der Waals surface area contributed by atoms with E-state index in [0.29, 0.717) is 13.0 Å². The Kier molecular flexibility index (Phi) is 7.76. The van der Waals surface area contributed by atoms with Crippen LogP contribution >= 0.6 is 11.6 Å². The minimum absolute atomic E-state index is 0.0396. The molecule has 2 rings (SSSR count). The number of anilines is 1. The van der Waals surface area contributed by atoms with Crippen molar-refractivity contribution in [3.63, 3.8) is 0 Å². The first-order chi connectivity index (χ1) is 13.3. The number of ether oxygens (including phenoxy) is 2. The molecule has 0 radical (unpaired) electrons. The molecule has 0 atom stereocenters. The summed E-state index contributed by atoms with van der Waals surface area (Å²) >= 11 is 5.70. The molecule has 148 valence electrons. The molecule has 9 heteroatoms. The zero-order chi connectivity index (χ0) is 20.5. The van der Waals surface area contributed by atoms with Gasteiger partial charge in [0.25, 0.3) is 11.6 Å². The Labute approximate surface area is 166 Å². The zero-order valence-electron chi connectivity index (χ0n) is 15.1. The first kappa shape index (κ1) is 21.2. The van der Waals surface area contributed by atoms with Crippen LogP contribution in [0.25, 0.3) is 0 Å². The second-order valence-electron chi connectivity index (χ2n) is 5.90. The molecule has 0 aromatic heterocycles. The van der Waals surface area contributed by atoms with Gasteiger partial charge in [-0.05, 0) is 37.6 Å². The fourth-order valence-corrected chi connectivity index (χ4v) is 2.37. The van der Waals surface area contributed by atoms with Crippen LogP contribution in [0.1, 0.15) is 18.4 Å². The molecule has 2 aromatic carbocycles. The molecular weight excluding hydrogens is 388 g/mol. The number of carbonyl (C=O) groups is 2. The number of benzene rings is 2. The monoisotopic (exact) mass is 406 g/mol. The fourth-order valence-electron chi connectivity index (χ4n) is 2.19. The average Bonchev–Trinajstić information content (AvgIpc) is 2.66. The van der Waals surface area contributed by atoms with Crippen LogP contribution in [-0.2, 0) is 14.3 Å². The molecule has 0 aliphatic carbocycles. The number of hydrogen-bond donors (Lipinski definition) is 1. The lowest BCUT2D eigenvalue weighted by Gasteiger charge is -2.08. The van der Waals surface area contributed by atoms with Gasteiger partial charge in [0, 0.05) is 18.2 Å². The molecular formula is C19H19ClN2O6. The van der Waals surface area contributed by atoms with Crippen molar-refractivity contribution in [2.24, 2.45) is 0 Å². The molecule has 0 saturated carbocycles. The van der Waals surface area contributed by atoms with E-state index < -0.39 is 23.4 Å². The highest BCUT2D eigenvalue weighted by molar-refractivity contribution is 6.32. The van der Waals surface area contributed by atoms with Crippen molar-refractivity contribution in [2.75, 3.05) is 18.5 Å². The first-order valence-electron chi connectivity index (χ1n) is 8.44. The van der Waals surface area contributed by atoms with Gasteiger partial charge in [-0.3, -0.25) is 19.7 Å². The summed E-state index contributed by atoms with van der Waals surface area (Å²) in [5.41, 5.74) is 0.982. The highest BCUT2D eigenvalue weighted by atomic mass is 35.5. The second kappa shape index (κ2) is 10.3. The van der Waals surface area contributed by atoms with E-state index in [4.69, 9.17) is 21.1 Å². The van der Waals surface area contributed by atoms with E-state index in [-0.39, 0.29) is 22.8 Å². The second-order valence-corrected chi connectivity index (χ2v) is 6.30. The Bertz CT molecular complexity index is 854. The van der Waals surface area contributed by atoms with Crippen LogP contribution in [0.15, 0.2) is 42.5 Å². The summed E-state index contributed by atoms with van der Waals surface area (Å²) in [6, 6.07) is 11.4. The number of hydrogen-bond acceptors (Lipinski definition) is 6. The van der Waals surface area contributed by atoms with Crippen LogP contribution in [0.2, 0.25) is 5.02 Å². The third kappa shape index (κ3) is 6.88. The minimum Gasteiger partial charge on any atom is -0.494 e. The number of nitrogens with one attached hydrogen (secondary N) is 1. The van der Waals surface area contributed by atoms with E-state index in [1.165, 1.54) is 12.1 Å². The van der Waals surface area contributed by atoms with E-state index in [1.54, 1.807) is 0 Å². The third-order valence-electron chi connectivity index (χ3n) is 3.61. The number of nitro benzene ring substituents is 1. The number of amides is 1. The number of carbonyl (C=O) groups excluding carboxylic acids is 2. The summed E-state index contributed by atoms with van der Waals surface area (Å²) in [5, 5.41) is 13.2. The molecule has 0 bridgehead atoms. The van der Waals surface area contributed by atoms with Crippen molar-refractivity contribution in [1.82, 2.24) is 0 Å². The van der Waals surface area contributed by atoms with Crippen molar-refractivity contribution in [3.05, 3.63) is 63.2 Å². The van der Waals surface area contributed by atoms with Crippen LogP contribution in [0.4, 0.5) is 11.4 Å². The fraction of sp³-hybridized carbons (Fsp3) is 0.263. The average molecular weight is 407 g/mol. The summed E-state index contributed by atoms with van der Waals surface area (Å²) in [7, 11) is 0. The molecule has 0 heterocycles. The van der Waals surface area contributed by atoms with Gasteiger partial charge >= 0.3 is 5.97 Å². The Morgan fingerprint density at radius 3 is 2.57 bits per heavy atom. The molecule has 0 aliphatic rings. The Morgan fingerprint density at radius 2 is 1.89 bits per heavy atom. The highest BCUT2D eigenvalue weighted by Gasteiger charge is 2.14. The number of esters is 1. The van der Waals surface area contributed by atoms with Gasteiger partial charge in [0.1, 0.15) is 10.8 Å². The van der Waals surface area contributed by atoms with Gasteiger partial charge in [-0.1, -0.05) is 29.3 Å². The maximum absolute atomic E-state index is 11.8. The lowest BCUT2D eigenvalue weighted by molar-refractivity contribution is -0.384. The number of nitrogens with zero attached hydrogens (tertiary/aromatic N) is 1. The highest BCUT2D eigenvalue weighted by Crippen LogP contribution is 2.27. The summed E-state index contributed by atoms with van der Waals surface area (Å²) in [4.78, 5) is 33.7. The maximum atomic E-state index is 11.8. The first-order valence-corrected chi connectivity index (χ1v) is 8.82. The van der Waals surface area contributed by atoms with E-state index in [1.807, 2.05) is 31.2 Å². The molecule has 0 spiro atoms. The Balaban J connectivity index is 1.68. The van der Waals surface area contributed by atoms with Crippen LogP contribution in [0.5, 0.6) is 5.75 Å². The van der Waals surface area contributed by atoms with Gasteiger partial charge in [0.15, 0.2) is 6.61 Å². The van der Waals surface area contributed by atoms with Gasteiger partial charge < -0.3 is 14.8 Å². The van der Waals surface area contributed by atoms with Crippen molar-refractivity contribution >= 4 is 34.9 Å². The van der Waals surface area contributed by atoms with Crippen molar-refractivity contribution < 1.29 is 24.0 Å². The lowest BCUT2D eigenvalue weighted by atomic mass is 10.2. The molecule has 2 aromatic rings. The number of aryl methyl sites for hydroxylation is 1. The minimum atomic E-state index is -0.656. The Hall–Kier alpha value is -3.13. The van der Waals surface area contributed by atoms with Gasteiger partial charge in [0.2, 0.25) is 0 Å². The molecule has 0 fully saturated rings. The summed E-state index contributed by atoms with van der Waals surface area (Å²) in [6.45, 7) is 1.83. The molecule has 0 unspecified atom stereocenters. The lowest BCUT2D eigenvalue weighted by Crippen LogP contribution is -2.21. The van der Waals surface area contributed by atoms with E-state index in [0.717, 1.165) is 17.4 Å². The van der Waals surface area contributed by atoms with Gasteiger partial charge in [-0.2, -0.15) is 0 Å². The molecule has 8 nitrogen and oxygen atoms in total. The Morgan fingerprint density at radius 1 is 1.18 bits per heavy atom. The van der Waals surface area contributed by atoms with Crippen molar-refractivity contribution in [3.8, 4) is 5.75 Å². The van der Waals surface area contributed by atoms with Gasteiger partial charge in [0.05, 0.1) is 11.5 Å². The summed E-state index contributed by atoms with van der Waals surface area (Å²) in [5.74, 6) is -0.430. The molecule has 0 saturated heterocycles. The number of rotatable bonds is 9. The largest absolute Gasteiger partial charge is 0.494 e. The third-order valence-corrected chi connectivity index (χ3v) is 3.93. The molecule has 28 heavy (non-hydrogen) atoms. The van der Waals surface area contributed by atoms with Crippen molar-refractivity contribution in [2.45, 2.75) is 19.8 Å². The SMILES string of the molecule is Cc1ccc(OCCCC(=O)OCC(=O)Nc2ccc(Cl)c([N+](=O)[O-])c2)cc1. The van der Waals surface area contributed by atoms with E-state index in [9.17, 15) is 19.7 Å². The van der Waals surface area contributed by atoms with Crippen LogP contribution in [-0.4, -0.2) is 30.0 Å². The quantitative estimate of drug-likeness (QED) is 0.293. The van der Waals surface area contributed by atoms with Crippen LogP contribution < -0.4 is 10.1 Å². The van der Waals surface area contributed by atoms with Crippen LogP contribution in [0, 0.1) is 17.0 Å². The smallest absolute Gasteiger partial charge is 0.306 e. The standard InChI is InChI=1S/C19H19ClN2O6/c1-13-4-7-15(8-5-13)27-10-2-3-19(24)28-12-18(23)21-14-6-9-16(20)17(11-14)22(25)26/h4-9,11H,2-3,10,12H2,1H3,(H,21,23). The molecule has 0 aliphatic heterocycles.